The smallest absolute Gasteiger partial charge is 0.00153 e. The molecule has 1 rings (SSSR count). The number of nitrogens with zero attached hydrogens (tertiary/aromatic N) is 1. The van der Waals surface area contributed by atoms with Gasteiger partial charge in [0.25, 0.3) is 0 Å². The maximum absolute atomic E-state index is 2.53. The molecule has 0 aromatic rings. The Hall–Kier alpha value is -0.0400. The average molecular weight is 140 g/mol. The highest BCUT2D eigenvalue weighted by Gasteiger charge is 2.10. The molecule has 1 aliphatic rings. The summed E-state index contributed by atoms with van der Waals surface area (Å²) in [5.41, 5.74) is 0. The highest BCUT2D eigenvalue weighted by molar-refractivity contribution is 4.76. The molecule has 0 bridgehead atoms. The minimum Gasteiger partial charge on any atom is -0.303 e. The molecule has 0 N–H and O–H groups in total. The molecule has 1 nitrogen and oxygen atoms in total. The van der Waals surface area contributed by atoms with Crippen LogP contribution in [0.15, 0.2) is 0 Å². The lowest BCUT2D eigenvalue weighted by atomic mass is 10.1. The maximum atomic E-state index is 2.53. The van der Waals surface area contributed by atoms with Crippen LogP contribution in [0.4, 0.5) is 0 Å². The molecular weight excluding hydrogens is 122 g/mol. The summed E-state index contributed by atoms with van der Waals surface area (Å²) in [5, 5.41) is 0. The molecule has 0 unspecified atom stereocenters. The minimum absolute atomic E-state index is 0.751. The van der Waals surface area contributed by atoms with Crippen LogP contribution < -0.4 is 0 Å². The average Bonchev–Trinajstić information content (AvgIpc) is 2.34. The van der Waals surface area contributed by atoms with Crippen molar-refractivity contribution >= 4 is 0 Å². The fraction of sp³-hybridized carbons (Fsp3) is 0.889. The Morgan fingerprint density at radius 1 is 1.30 bits per heavy atom. The van der Waals surface area contributed by atoms with Gasteiger partial charge in [-0.3, -0.25) is 0 Å². The standard InChI is InChI=1S/C9H18N/c1-9(2)5-8-10-6-3-4-7-10/h5,9H,3-4,6-8H2,1-2H3. The molecule has 1 heterocycles. The van der Waals surface area contributed by atoms with Crippen molar-refractivity contribution in [3.8, 4) is 0 Å². The van der Waals surface area contributed by atoms with E-state index in [-0.39, 0.29) is 0 Å². The van der Waals surface area contributed by atoms with Gasteiger partial charge in [0.2, 0.25) is 0 Å². The SMILES string of the molecule is CC(C)[CH]CN1CCCC1. The summed E-state index contributed by atoms with van der Waals surface area (Å²) in [5.74, 6) is 0.751. The largest absolute Gasteiger partial charge is 0.303 e. The normalized spacial score (nSPS) is 20.7. The minimum atomic E-state index is 0.751. The first-order chi connectivity index (χ1) is 4.79. The molecule has 1 heteroatoms. The van der Waals surface area contributed by atoms with Crippen molar-refractivity contribution < 1.29 is 0 Å². The fourth-order valence-electron chi connectivity index (χ4n) is 1.33. The van der Waals surface area contributed by atoms with Gasteiger partial charge < -0.3 is 4.90 Å². The van der Waals surface area contributed by atoms with Crippen LogP contribution in [-0.4, -0.2) is 24.5 Å². The molecule has 0 saturated carbocycles. The highest BCUT2D eigenvalue weighted by Crippen LogP contribution is 2.09. The van der Waals surface area contributed by atoms with Gasteiger partial charge in [-0.2, -0.15) is 0 Å². The van der Waals surface area contributed by atoms with Gasteiger partial charge >= 0.3 is 0 Å². The van der Waals surface area contributed by atoms with Gasteiger partial charge in [0, 0.05) is 6.54 Å². The molecular formula is C9H18N. The number of rotatable bonds is 3. The monoisotopic (exact) mass is 140 g/mol. The summed E-state index contributed by atoms with van der Waals surface area (Å²) in [6.45, 7) is 8.34. The van der Waals surface area contributed by atoms with Crippen molar-refractivity contribution in [2.45, 2.75) is 26.7 Å². The van der Waals surface area contributed by atoms with E-state index in [4.69, 9.17) is 0 Å². The summed E-state index contributed by atoms with van der Waals surface area (Å²) >= 11 is 0. The van der Waals surface area contributed by atoms with Crippen LogP contribution in [-0.2, 0) is 0 Å². The van der Waals surface area contributed by atoms with E-state index in [2.05, 4.69) is 25.2 Å². The van der Waals surface area contributed by atoms with E-state index in [1.165, 1.54) is 32.5 Å². The predicted molar refractivity (Wildman–Crippen MR) is 44.8 cm³/mol. The first-order valence-electron chi connectivity index (χ1n) is 4.34. The Labute approximate surface area is 64.4 Å². The van der Waals surface area contributed by atoms with Crippen LogP contribution in [0.3, 0.4) is 0 Å². The topological polar surface area (TPSA) is 3.24 Å². The lowest BCUT2D eigenvalue weighted by Crippen LogP contribution is -2.21. The number of hydrogen-bond donors (Lipinski definition) is 0. The van der Waals surface area contributed by atoms with E-state index in [0.717, 1.165) is 5.92 Å². The third kappa shape index (κ3) is 2.70. The van der Waals surface area contributed by atoms with Crippen LogP contribution in [0, 0.1) is 12.3 Å². The maximum Gasteiger partial charge on any atom is 0.00153 e. The molecule has 0 aromatic heterocycles. The van der Waals surface area contributed by atoms with E-state index in [1.807, 2.05) is 0 Å². The number of likely N-dealkylation sites (tertiary alicyclic amines) is 1. The molecule has 0 amide bonds. The first kappa shape index (κ1) is 8.06. The zero-order valence-corrected chi connectivity index (χ0v) is 7.14. The molecule has 1 saturated heterocycles. The van der Waals surface area contributed by atoms with Crippen molar-refractivity contribution in [2.24, 2.45) is 5.92 Å². The van der Waals surface area contributed by atoms with Crippen LogP contribution in [0.2, 0.25) is 0 Å². The van der Waals surface area contributed by atoms with Crippen LogP contribution in [0.1, 0.15) is 26.7 Å². The molecule has 0 spiro atoms. The van der Waals surface area contributed by atoms with Crippen molar-refractivity contribution in [3.05, 3.63) is 6.42 Å². The van der Waals surface area contributed by atoms with Crippen molar-refractivity contribution in [3.63, 3.8) is 0 Å². The molecule has 0 aromatic carbocycles. The molecule has 10 heavy (non-hydrogen) atoms. The first-order valence-corrected chi connectivity index (χ1v) is 4.34. The van der Waals surface area contributed by atoms with Crippen molar-refractivity contribution in [2.75, 3.05) is 19.6 Å². The lowest BCUT2D eigenvalue weighted by molar-refractivity contribution is 0.354. The summed E-state index contributed by atoms with van der Waals surface area (Å²) in [4.78, 5) is 2.53. The summed E-state index contributed by atoms with van der Waals surface area (Å²) in [6.07, 6.45) is 5.21. The number of hydrogen-bond acceptors (Lipinski definition) is 1. The van der Waals surface area contributed by atoms with E-state index in [0.29, 0.717) is 0 Å². The van der Waals surface area contributed by atoms with Gasteiger partial charge in [-0.15, -0.1) is 0 Å². The summed E-state index contributed by atoms with van der Waals surface area (Å²) in [7, 11) is 0. The van der Waals surface area contributed by atoms with E-state index >= 15 is 0 Å². The van der Waals surface area contributed by atoms with Crippen molar-refractivity contribution in [1.29, 1.82) is 0 Å². The van der Waals surface area contributed by atoms with Gasteiger partial charge in [-0.25, -0.2) is 0 Å². The Balaban J connectivity index is 2.01. The van der Waals surface area contributed by atoms with Crippen molar-refractivity contribution in [1.82, 2.24) is 4.90 Å². The van der Waals surface area contributed by atoms with Gasteiger partial charge in [-0.05, 0) is 38.3 Å². The fourth-order valence-corrected chi connectivity index (χ4v) is 1.33. The van der Waals surface area contributed by atoms with Gasteiger partial charge in [0.05, 0.1) is 0 Å². The molecule has 1 aliphatic heterocycles. The quantitative estimate of drug-likeness (QED) is 0.579. The summed E-state index contributed by atoms with van der Waals surface area (Å²) in [6, 6.07) is 0. The third-order valence-corrected chi connectivity index (χ3v) is 2.03. The predicted octanol–water partition coefficient (Wildman–Crippen LogP) is 1.94. The Kier molecular flexibility index (Phi) is 3.20. The van der Waals surface area contributed by atoms with Gasteiger partial charge in [0.15, 0.2) is 0 Å². The zero-order valence-electron chi connectivity index (χ0n) is 7.14. The second-order valence-electron chi connectivity index (χ2n) is 3.49. The molecule has 0 atom stereocenters. The molecule has 1 fully saturated rings. The summed E-state index contributed by atoms with van der Waals surface area (Å²) < 4.78 is 0. The molecule has 0 aliphatic carbocycles. The Morgan fingerprint density at radius 3 is 2.40 bits per heavy atom. The van der Waals surface area contributed by atoms with E-state index in [1.54, 1.807) is 0 Å². The second kappa shape index (κ2) is 3.97. The van der Waals surface area contributed by atoms with Crippen LogP contribution in [0.5, 0.6) is 0 Å². The second-order valence-corrected chi connectivity index (χ2v) is 3.49. The van der Waals surface area contributed by atoms with Gasteiger partial charge in [-0.1, -0.05) is 13.8 Å². The van der Waals surface area contributed by atoms with E-state index < -0.39 is 0 Å². The zero-order chi connectivity index (χ0) is 7.40. The molecule has 1 radical (unpaired) electrons. The lowest BCUT2D eigenvalue weighted by Gasteiger charge is -2.14. The third-order valence-electron chi connectivity index (χ3n) is 2.03. The molecule has 59 valence electrons. The van der Waals surface area contributed by atoms with Gasteiger partial charge in [0.1, 0.15) is 0 Å². The Bertz CT molecular complexity index is 82.7. The van der Waals surface area contributed by atoms with Crippen LogP contribution in [0.25, 0.3) is 0 Å². The van der Waals surface area contributed by atoms with E-state index in [9.17, 15) is 0 Å². The van der Waals surface area contributed by atoms with Crippen LogP contribution >= 0.6 is 0 Å². The highest BCUT2D eigenvalue weighted by atomic mass is 15.1. The Morgan fingerprint density at radius 2 is 1.90 bits per heavy atom.